The van der Waals surface area contributed by atoms with Crippen molar-refractivity contribution < 1.29 is 18.1 Å². The third kappa shape index (κ3) is 2.92. The van der Waals surface area contributed by atoms with E-state index in [0.29, 0.717) is 13.0 Å². The molecule has 1 aliphatic rings. The second-order valence-electron chi connectivity index (χ2n) is 5.83. The summed E-state index contributed by atoms with van der Waals surface area (Å²) in [5.74, 6) is -1.54. The van der Waals surface area contributed by atoms with Gasteiger partial charge >= 0.3 is 0 Å². The number of amides is 1. The first-order valence-electron chi connectivity index (χ1n) is 7.99. The maximum absolute atomic E-state index is 13.9. The zero-order valence-electron chi connectivity index (χ0n) is 13.5. The summed E-state index contributed by atoms with van der Waals surface area (Å²) in [5.41, 5.74) is 0.259. The van der Waals surface area contributed by atoms with Crippen LogP contribution in [0.5, 0.6) is 0 Å². The minimum absolute atomic E-state index is 0.0105. The van der Waals surface area contributed by atoms with Crippen molar-refractivity contribution in [1.82, 2.24) is 25.0 Å². The molecule has 3 heterocycles. The number of carbonyl (C=O) groups excluding carboxylic acids is 1. The first-order valence-corrected chi connectivity index (χ1v) is 7.99. The molecule has 0 aliphatic carbocycles. The molecule has 9 heteroatoms. The molecule has 0 saturated carbocycles. The van der Waals surface area contributed by atoms with E-state index in [1.165, 1.54) is 24.7 Å². The van der Waals surface area contributed by atoms with Gasteiger partial charge in [-0.15, -0.1) is 0 Å². The minimum atomic E-state index is -0.781. The van der Waals surface area contributed by atoms with Gasteiger partial charge in [0.15, 0.2) is 0 Å². The molecule has 26 heavy (non-hydrogen) atoms. The molecule has 1 atom stereocenters. The van der Waals surface area contributed by atoms with Crippen LogP contribution < -0.4 is 0 Å². The Hall–Kier alpha value is -3.23. The van der Waals surface area contributed by atoms with Gasteiger partial charge in [-0.3, -0.25) is 9.78 Å². The van der Waals surface area contributed by atoms with Gasteiger partial charge in [-0.2, -0.15) is 4.98 Å². The topological polar surface area (TPSA) is 85.0 Å². The highest BCUT2D eigenvalue weighted by molar-refractivity contribution is 5.92. The van der Waals surface area contributed by atoms with E-state index < -0.39 is 17.7 Å². The Bertz CT molecular complexity index is 947. The van der Waals surface area contributed by atoms with E-state index in [1.54, 1.807) is 4.90 Å². The largest absolute Gasteiger partial charge is 0.337 e. The molecule has 1 aliphatic heterocycles. The summed E-state index contributed by atoms with van der Waals surface area (Å²) in [6.45, 7) is 0.517. The Morgan fingerprint density at radius 1 is 1.27 bits per heavy atom. The van der Waals surface area contributed by atoms with E-state index >= 15 is 0 Å². The molecule has 1 amide bonds. The Morgan fingerprint density at radius 2 is 2.15 bits per heavy atom. The molecule has 0 N–H and O–H groups in total. The van der Waals surface area contributed by atoms with Crippen molar-refractivity contribution in [1.29, 1.82) is 0 Å². The smallest absolute Gasteiger partial charge is 0.274 e. The lowest BCUT2D eigenvalue weighted by Crippen LogP contribution is -2.31. The molecule has 1 aromatic carbocycles. The van der Waals surface area contributed by atoms with E-state index in [9.17, 15) is 13.6 Å². The standard InChI is InChI=1S/C17H13F2N5O2/c18-10-3-4-11(12(19)8-10)15-22-16(26-23-15)14-2-1-7-24(14)17(25)13-9-20-5-6-21-13/h3-6,8-9,14H,1-2,7H2/t14-/m0/s1. The number of halogens is 2. The molecule has 4 rings (SSSR count). The van der Waals surface area contributed by atoms with Crippen LogP contribution >= 0.6 is 0 Å². The van der Waals surface area contributed by atoms with Crippen LogP contribution in [0.4, 0.5) is 8.78 Å². The highest BCUT2D eigenvalue weighted by atomic mass is 19.1. The summed E-state index contributed by atoms with van der Waals surface area (Å²) in [7, 11) is 0. The van der Waals surface area contributed by atoms with Crippen molar-refractivity contribution in [2.45, 2.75) is 18.9 Å². The van der Waals surface area contributed by atoms with Gasteiger partial charge in [0.2, 0.25) is 11.7 Å². The molecule has 132 valence electrons. The predicted octanol–water partition coefficient (Wildman–Crippen LogP) is 2.78. The zero-order chi connectivity index (χ0) is 18.1. The van der Waals surface area contributed by atoms with Crippen LogP contribution in [0, 0.1) is 11.6 Å². The maximum atomic E-state index is 13.9. The van der Waals surface area contributed by atoms with Gasteiger partial charge in [0.1, 0.15) is 23.4 Å². The van der Waals surface area contributed by atoms with Crippen LogP contribution in [0.1, 0.15) is 35.3 Å². The SMILES string of the molecule is O=C(c1cnccn1)N1CCC[C@H]1c1nc(-c2ccc(F)cc2F)no1. The van der Waals surface area contributed by atoms with Gasteiger partial charge in [0.25, 0.3) is 5.91 Å². The van der Waals surface area contributed by atoms with Crippen molar-refractivity contribution in [3.05, 3.63) is 60.0 Å². The van der Waals surface area contributed by atoms with E-state index in [0.717, 1.165) is 18.6 Å². The van der Waals surface area contributed by atoms with Gasteiger partial charge in [-0.25, -0.2) is 13.8 Å². The highest BCUT2D eigenvalue weighted by Gasteiger charge is 2.35. The van der Waals surface area contributed by atoms with Crippen molar-refractivity contribution in [2.75, 3.05) is 6.54 Å². The lowest BCUT2D eigenvalue weighted by molar-refractivity contribution is 0.0703. The number of carbonyl (C=O) groups is 1. The van der Waals surface area contributed by atoms with Gasteiger partial charge in [0, 0.05) is 25.0 Å². The number of likely N-dealkylation sites (tertiary alicyclic amines) is 1. The quantitative estimate of drug-likeness (QED) is 0.717. The Morgan fingerprint density at radius 3 is 2.92 bits per heavy atom. The minimum Gasteiger partial charge on any atom is -0.337 e. The molecule has 1 fully saturated rings. The summed E-state index contributed by atoms with van der Waals surface area (Å²) in [6.07, 6.45) is 5.73. The van der Waals surface area contributed by atoms with Crippen molar-refractivity contribution >= 4 is 5.91 Å². The second kappa shape index (κ2) is 6.58. The maximum Gasteiger partial charge on any atom is 0.274 e. The van der Waals surface area contributed by atoms with Crippen LogP contribution in [0.25, 0.3) is 11.4 Å². The number of nitrogens with zero attached hydrogens (tertiary/aromatic N) is 5. The zero-order valence-corrected chi connectivity index (χ0v) is 13.5. The molecule has 2 aromatic heterocycles. The van der Waals surface area contributed by atoms with Crippen molar-refractivity contribution in [2.24, 2.45) is 0 Å². The second-order valence-corrected chi connectivity index (χ2v) is 5.83. The van der Waals surface area contributed by atoms with Crippen LogP contribution in [-0.2, 0) is 0 Å². The molecule has 0 radical (unpaired) electrons. The first-order chi connectivity index (χ1) is 12.6. The molecular weight excluding hydrogens is 344 g/mol. The van der Waals surface area contributed by atoms with Gasteiger partial charge in [0.05, 0.1) is 11.8 Å². The molecule has 1 saturated heterocycles. The van der Waals surface area contributed by atoms with Gasteiger partial charge < -0.3 is 9.42 Å². The number of benzene rings is 1. The van der Waals surface area contributed by atoms with E-state index in [2.05, 4.69) is 20.1 Å². The molecule has 3 aromatic rings. The van der Waals surface area contributed by atoms with E-state index in [1.807, 2.05) is 0 Å². The van der Waals surface area contributed by atoms with E-state index in [-0.39, 0.29) is 28.9 Å². The molecule has 0 spiro atoms. The lowest BCUT2D eigenvalue weighted by Gasteiger charge is -2.21. The molecule has 0 unspecified atom stereocenters. The van der Waals surface area contributed by atoms with E-state index in [4.69, 9.17) is 4.52 Å². The summed E-state index contributed by atoms with van der Waals surface area (Å²) in [5, 5.41) is 3.77. The molecule has 7 nitrogen and oxygen atoms in total. The summed E-state index contributed by atoms with van der Waals surface area (Å²) in [6, 6.07) is 2.70. The number of rotatable bonds is 3. The fraction of sp³-hybridized carbons (Fsp3) is 0.235. The third-order valence-corrected chi connectivity index (χ3v) is 4.19. The van der Waals surface area contributed by atoms with Crippen LogP contribution in [0.2, 0.25) is 0 Å². The number of aromatic nitrogens is 4. The van der Waals surface area contributed by atoms with Gasteiger partial charge in [-0.05, 0) is 25.0 Å². The first kappa shape index (κ1) is 16.2. The summed E-state index contributed by atoms with van der Waals surface area (Å²) >= 11 is 0. The average molecular weight is 357 g/mol. The molecular formula is C17H13F2N5O2. The lowest BCUT2D eigenvalue weighted by atomic mass is 10.2. The van der Waals surface area contributed by atoms with Crippen molar-refractivity contribution in [3.8, 4) is 11.4 Å². The highest BCUT2D eigenvalue weighted by Crippen LogP contribution is 2.33. The normalized spacial score (nSPS) is 16.8. The Kier molecular flexibility index (Phi) is 4.11. The monoisotopic (exact) mass is 357 g/mol. The Balaban J connectivity index is 1.61. The predicted molar refractivity (Wildman–Crippen MR) is 84.7 cm³/mol. The van der Waals surface area contributed by atoms with Crippen LogP contribution in [-0.4, -0.2) is 37.5 Å². The van der Waals surface area contributed by atoms with Crippen LogP contribution in [0.15, 0.2) is 41.3 Å². The summed E-state index contributed by atoms with van der Waals surface area (Å²) < 4.78 is 32.2. The Labute approximate surface area is 146 Å². The third-order valence-electron chi connectivity index (χ3n) is 4.19. The van der Waals surface area contributed by atoms with Gasteiger partial charge in [-0.1, -0.05) is 5.16 Å². The number of hydrogen-bond acceptors (Lipinski definition) is 6. The van der Waals surface area contributed by atoms with Crippen LogP contribution in [0.3, 0.4) is 0 Å². The molecule has 0 bridgehead atoms. The fourth-order valence-corrected chi connectivity index (χ4v) is 2.97. The fourth-order valence-electron chi connectivity index (χ4n) is 2.97. The number of hydrogen-bond donors (Lipinski definition) is 0. The summed E-state index contributed by atoms with van der Waals surface area (Å²) in [4.78, 5) is 26.3. The average Bonchev–Trinajstić information content (AvgIpc) is 3.31. The van der Waals surface area contributed by atoms with Crippen molar-refractivity contribution in [3.63, 3.8) is 0 Å².